The van der Waals surface area contributed by atoms with Crippen LogP contribution in [-0.2, 0) is 64.8 Å². The quantitative estimate of drug-likeness (QED) is 0.258. The summed E-state index contributed by atoms with van der Waals surface area (Å²) in [5.41, 5.74) is 0. The van der Waals surface area contributed by atoms with Crippen molar-refractivity contribution in [2.45, 2.75) is 6.16 Å². The first-order valence-electron chi connectivity index (χ1n) is 4.05. The standard InChI is InChI=1S/C5O8.C2H2O4.Cu/c6-1-2(7)11-5(10-1)12-3(8)4(9)13-5;3-1(4)2(5)6;/h;(H,3,4)(H,5,6);. The van der Waals surface area contributed by atoms with E-state index < -0.39 is 42.0 Å². The first-order valence-corrected chi connectivity index (χ1v) is 4.05. The predicted molar refractivity (Wildman–Crippen MR) is 42.4 cm³/mol. The molecule has 20 heavy (non-hydrogen) atoms. The maximum absolute atomic E-state index is 10.5. The molecule has 0 aromatic heterocycles. The molecule has 0 saturated carbocycles. The van der Waals surface area contributed by atoms with E-state index in [1.54, 1.807) is 0 Å². The first-order chi connectivity index (χ1) is 8.67. The van der Waals surface area contributed by atoms with Crippen LogP contribution in [0.25, 0.3) is 0 Å². The van der Waals surface area contributed by atoms with Gasteiger partial charge < -0.3 is 29.2 Å². The van der Waals surface area contributed by atoms with E-state index in [0.29, 0.717) is 0 Å². The van der Waals surface area contributed by atoms with Crippen molar-refractivity contribution >= 4 is 35.8 Å². The minimum Gasteiger partial charge on any atom is -0.473 e. The molecule has 13 heteroatoms. The fourth-order valence-electron chi connectivity index (χ4n) is 0.746. The number of carbonyl (C=O) groups excluding carboxylic acids is 4. The summed E-state index contributed by atoms with van der Waals surface area (Å²) in [5.74, 6) is -9.25. The van der Waals surface area contributed by atoms with Gasteiger partial charge in [0.05, 0.1) is 0 Å². The van der Waals surface area contributed by atoms with Crippen LogP contribution < -0.4 is 0 Å². The van der Waals surface area contributed by atoms with E-state index in [2.05, 4.69) is 18.9 Å². The van der Waals surface area contributed by atoms with Crippen molar-refractivity contribution in [2.75, 3.05) is 0 Å². The minimum absolute atomic E-state index is 0. The number of aliphatic carboxylic acids is 2. The maximum Gasteiger partial charge on any atom is 0.621 e. The van der Waals surface area contributed by atoms with Crippen molar-refractivity contribution in [2.24, 2.45) is 0 Å². The Labute approximate surface area is 118 Å². The topological polar surface area (TPSA) is 180 Å². The van der Waals surface area contributed by atoms with Crippen LogP contribution in [0.2, 0.25) is 0 Å². The number of rotatable bonds is 0. The molecular formula is C7H2CuO12. The van der Waals surface area contributed by atoms with E-state index in [-0.39, 0.29) is 17.1 Å². The van der Waals surface area contributed by atoms with Gasteiger partial charge in [-0.15, -0.1) is 0 Å². The molecular weight excluding hydrogens is 340 g/mol. The van der Waals surface area contributed by atoms with Crippen LogP contribution in [0.15, 0.2) is 0 Å². The summed E-state index contributed by atoms with van der Waals surface area (Å²) in [7, 11) is 0. The number of carboxylic acid groups (broad SMARTS) is 2. The van der Waals surface area contributed by atoms with Crippen LogP contribution in [0.4, 0.5) is 0 Å². The molecule has 2 fully saturated rings. The van der Waals surface area contributed by atoms with Gasteiger partial charge in [-0.3, -0.25) is 0 Å². The van der Waals surface area contributed by atoms with Gasteiger partial charge in [0.1, 0.15) is 0 Å². The molecule has 2 aliphatic heterocycles. The van der Waals surface area contributed by atoms with Gasteiger partial charge >= 0.3 is 42.0 Å². The van der Waals surface area contributed by atoms with Gasteiger partial charge in [0.2, 0.25) is 0 Å². The molecule has 1 spiro atoms. The smallest absolute Gasteiger partial charge is 0.473 e. The molecule has 0 aromatic rings. The fraction of sp³-hybridized carbons (Fsp3) is 0.143. The largest absolute Gasteiger partial charge is 0.621 e. The van der Waals surface area contributed by atoms with Gasteiger partial charge in [-0.1, -0.05) is 0 Å². The van der Waals surface area contributed by atoms with E-state index in [1.807, 2.05) is 0 Å². The summed E-state index contributed by atoms with van der Waals surface area (Å²) in [6.45, 7) is 0. The van der Waals surface area contributed by atoms with Gasteiger partial charge in [0.25, 0.3) is 0 Å². The second-order valence-electron chi connectivity index (χ2n) is 2.67. The summed E-state index contributed by atoms with van der Waals surface area (Å²) in [6, 6.07) is 0. The van der Waals surface area contributed by atoms with Gasteiger partial charge in [-0.25, -0.2) is 28.8 Å². The summed E-state index contributed by atoms with van der Waals surface area (Å²) in [6.07, 6.45) is -2.62. The molecule has 2 rings (SSSR count). The van der Waals surface area contributed by atoms with E-state index in [0.717, 1.165) is 0 Å². The number of carbonyl (C=O) groups is 6. The Hall–Kier alpha value is -2.66. The van der Waals surface area contributed by atoms with Gasteiger partial charge in [0.15, 0.2) is 0 Å². The maximum atomic E-state index is 10.5. The predicted octanol–water partition coefficient (Wildman–Crippen LogP) is -3.05. The number of hydrogen-bond donors (Lipinski definition) is 2. The molecule has 12 nitrogen and oxygen atoms in total. The molecule has 0 bridgehead atoms. The van der Waals surface area contributed by atoms with Gasteiger partial charge in [-0.2, -0.15) is 0 Å². The molecule has 0 aliphatic carbocycles. The fourth-order valence-corrected chi connectivity index (χ4v) is 0.746. The van der Waals surface area contributed by atoms with Crippen LogP contribution in [0.5, 0.6) is 0 Å². The molecule has 113 valence electrons. The van der Waals surface area contributed by atoms with Crippen LogP contribution >= 0.6 is 0 Å². The number of hydrogen-bond acceptors (Lipinski definition) is 10. The number of ether oxygens (including phenoxy) is 4. The second kappa shape index (κ2) is 5.99. The van der Waals surface area contributed by atoms with Crippen molar-refractivity contribution < 1.29 is 75.0 Å². The minimum atomic E-state index is -2.62. The van der Waals surface area contributed by atoms with Crippen LogP contribution in [-0.4, -0.2) is 52.2 Å². The van der Waals surface area contributed by atoms with E-state index in [1.165, 1.54) is 0 Å². The molecule has 2 saturated heterocycles. The molecule has 2 N–H and O–H groups in total. The van der Waals surface area contributed by atoms with Crippen molar-refractivity contribution in [3.8, 4) is 0 Å². The summed E-state index contributed by atoms with van der Waals surface area (Å²) in [5, 5.41) is 14.8. The Morgan fingerprint density at radius 2 is 0.900 bits per heavy atom. The number of carboxylic acids is 2. The Bertz CT molecular complexity index is 424. The van der Waals surface area contributed by atoms with Crippen molar-refractivity contribution in [3.63, 3.8) is 0 Å². The number of esters is 4. The zero-order valence-corrected chi connectivity index (χ0v) is 9.72. The third-order valence-corrected chi connectivity index (χ3v) is 1.39. The van der Waals surface area contributed by atoms with Gasteiger partial charge in [-0.05, 0) is 0 Å². The van der Waals surface area contributed by atoms with Crippen LogP contribution in [0.3, 0.4) is 0 Å². The van der Waals surface area contributed by atoms with E-state index in [4.69, 9.17) is 19.8 Å². The molecule has 1 radical (unpaired) electrons. The average molecular weight is 342 g/mol. The summed E-state index contributed by atoms with van der Waals surface area (Å²) in [4.78, 5) is 60.1. The van der Waals surface area contributed by atoms with E-state index >= 15 is 0 Å². The Kier molecular flexibility index (Phi) is 5.19. The Morgan fingerprint density at radius 3 is 1.05 bits per heavy atom. The van der Waals surface area contributed by atoms with Crippen molar-refractivity contribution in [1.82, 2.24) is 0 Å². The third kappa shape index (κ3) is 3.66. The van der Waals surface area contributed by atoms with E-state index in [9.17, 15) is 19.2 Å². The van der Waals surface area contributed by atoms with Crippen molar-refractivity contribution in [1.29, 1.82) is 0 Å². The van der Waals surface area contributed by atoms with Crippen LogP contribution in [0, 0.1) is 0 Å². The average Bonchev–Trinajstić information content (AvgIpc) is 2.68. The first kappa shape index (κ1) is 17.3. The van der Waals surface area contributed by atoms with Crippen LogP contribution in [0.1, 0.15) is 0 Å². The monoisotopic (exact) mass is 341 g/mol. The SMILES string of the molecule is O=C(O)C(=O)O.O=C1OC2(OC1=O)OC(=O)C(=O)O2.[Cu]. The molecule has 0 unspecified atom stereocenters. The summed E-state index contributed by atoms with van der Waals surface area (Å²) >= 11 is 0. The zero-order chi connectivity index (χ0) is 14.8. The molecule has 0 atom stereocenters. The van der Waals surface area contributed by atoms with Crippen molar-refractivity contribution in [3.05, 3.63) is 0 Å². The third-order valence-electron chi connectivity index (χ3n) is 1.39. The molecule has 0 aromatic carbocycles. The van der Waals surface area contributed by atoms with Gasteiger partial charge in [0, 0.05) is 17.1 Å². The molecule has 0 amide bonds. The Morgan fingerprint density at radius 1 is 0.700 bits per heavy atom. The summed E-state index contributed by atoms with van der Waals surface area (Å²) < 4.78 is 16.3. The normalized spacial score (nSPS) is 17.8. The molecule has 2 heterocycles. The molecule has 2 aliphatic rings. The zero-order valence-electron chi connectivity index (χ0n) is 8.78. The Balaban J connectivity index is 0.000000448. The second-order valence-corrected chi connectivity index (χ2v) is 2.67.